The van der Waals surface area contributed by atoms with Crippen LogP contribution in [0.5, 0.6) is 0 Å². The Morgan fingerprint density at radius 3 is 2.70 bits per heavy atom. The zero-order chi connectivity index (χ0) is 18.6. The number of carbonyl (C=O) groups excluding carboxylic acids is 1. The second kappa shape index (κ2) is 7.80. The highest BCUT2D eigenvalue weighted by Crippen LogP contribution is 2.34. The third kappa shape index (κ3) is 3.53. The number of aryl methyl sites for hydroxylation is 1. The van der Waals surface area contributed by atoms with E-state index in [1.54, 1.807) is 4.90 Å². The largest absolute Gasteiger partial charge is 0.395 e. The molecule has 0 spiro atoms. The van der Waals surface area contributed by atoms with Gasteiger partial charge < -0.3 is 15.3 Å². The predicted molar refractivity (Wildman–Crippen MR) is 109 cm³/mol. The molecule has 0 saturated carbocycles. The van der Waals surface area contributed by atoms with Crippen molar-refractivity contribution >= 4 is 22.5 Å². The van der Waals surface area contributed by atoms with Gasteiger partial charge in [0.25, 0.3) is 0 Å². The molecular weight excluding hydrogens is 336 g/mol. The summed E-state index contributed by atoms with van der Waals surface area (Å²) in [7, 11) is 0. The maximum atomic E-state index is 13.2. The highest BCUT2D eigenvalue weighted by Gasteiger charge is 2.29. The number of amides is 2. The molecule has 1 aliphatic rings. The fraction of sp³-hybridized carbons (Fsp3) is 0.261. The normalized spacial score (nSPS) is 16.0. The van der Waals surface area contributed by atoms with E-state index in [4.69, 9.17) is 0 Å². The molecule has 4 heteroatoms. The Hall–Kier alpha value is -2.85. The van der Waals surface area contributed by atoms with Crippen LogP contribution < -0.4 is 5.32 Å². The van der Waals surface area contributed by atoms with Gasteiger partial charge in [-0.2, -0.15) is 0 Å². The average molecular weight is 360 g/mol. The van der Waals surface area contributed by atoms with Gasteiger partial charge in [0, 0.05) is 11.9 Å². The lowest BCUT2D eigenvalue weighted by atomic mass is 9.87. The van der Waals surface area contributed by atoms with Crippen molar-refractivity contribution in [3.63, 3.8) is 0 Å². The minimum absolute atomic E-state index is 0.00271. The molecule has 0 saturated heterocycles. The summed E-state index contributed by atoms with van der Waals surface area (Å²) in [5, 5.41) is 14.8. The first-order chi connectivity index (χ1) is 13.3. The van der Waals surface area contributed by atoms with E-state index in [1.165, 1.54) is 11.1 Å². The number of nitrogens with one attached hydrogen (secondary N) is 1. The number of fused-ring (bicyclic) bond motifs is 2. The Labute approximate surface area is 159 Å². The van der Waals surface area contributed by atoms with Gasteiger partial charge in [0.15, 0.2) is 0 Å². The monoisotopic (exact) mass is 360 g/mol. The SMILES string of the molecule is O=C(Nc1cccc2ccccc12)N(CCO)[C@@H]1CCCc2ccccc21. The minimum atomic E-state index is -0.165. The van der Waals surface area contributed by atoms with E-state index >= 15 is 0 Å². The summed E-state index contributed by atoms with van der Waals surface area (Å²) in [5.41, 5.74) is 3.30. The summed E-state index contributed by atoms with van der Waals surface area (Å²) < 4.78 is 0. The lowest BCUT2D eigenvalue weighted by Gasteiger charge is -2.35. The van der Waals surface area contributed by atoms with Gasteiger partial charge in [-0.25, -0.2) is 4.79 Å². The van der Waals surface area contributed by atoms with Crippen LogP contribution in [0, 0.1) is 0 Å². The lowest BCUT2D eigenvalue weighted by molar-refractivity contribution is 0.155. The molecule has 0 radical (unpaired) electrons. The van der Waals surface area contributed by atoms with Gasteiger partial charge in [-0.3, -0.25) is 0 Å². The maximum absolute atomic E-state index is 13.2. The minimum Gasteiger partial charge on any atom is -0.395 e. The second-order valence-corrected chi connectivity index (χ2v) is 6.98. The average Bonchev–Trinajstić information content (AvgIpc) is 2.72. The molecule has 0 bridgehead atoms. The van der Waals surface area contributed by atoms with Crippen molar-refractivity contribution in [3.8, 4) is 0 Å². The topological polar surface area (TPSA) is 52.6 Å². The van der Waals surface area contributed by atoms with Crippen molar-refractivity contribution in [2.24, 2.45) is 0 Å². The second-order valence-electron chi connectivity index (χ2n) is 6.98. The van der Waals surface area contributed by atoms with Gasteiger partial charge in [-0.1, -0.05) is 60.7 Å². The molecule has 0 unspecified atom stereocenters. The van der Waals surface area contributed by atoms with Crippen LogP contribution in [0.15, 0.2) is 66.7 Å². The number of hydrogen-bond donors (Lipinski definition) is 2. The molecule has 2 amide bonds. The number of rotatable bonds is 4. The van der Waals surface area contributed by atoms with Gasteiger partial charge in [0.05, 0.1) is 18.3 Å². The first-order valence-corrected chi connectivity index (χ1v) is 9.52. The van der Waals surface area contributed by atoms with E-state index in [1.807, 2.05) is 54.6 Å². The summed E-state index contributed by atoms with van der Waals surface area (Å²) in [4.78, 5) is 14.9. The van der Waals surface area contributed by atoms with Crippen LogP contribution in [0.3, 0.4) is 0 Å². The molecule has 0 heterocycles. The molecule has 0 aromatic heterocycles. The number of nitrogens with zero attached hydrogens (tertiary/aromatic N) is 1. The van der Waals surface area contributed by atoms with Gasteiger partial charge in [-0.15, -0.1) is 0 Å². The van der Waals surface area contributed by atoms with Gasteiger partial charge in [0.2, 0.25) is 0 Å². The first kappa shape index (κ1) is 17.6. The van der Waals surface area contributed by atoms with E-state index in [0.717, 1.165) is 35.7 Å². The molecule has 4 rings (SSSR count). The van der Waals surface area contributed by atoms with E-state index in [-0.39, 0.29) is 18.7 Å². The molecule has 4 nitrogen and oxygen atoms in total. The van der Waals surface area contributed by atoms with Crippen LogP contribution in [0.4, 0.5) is 10.5 Å². The number of carbonyl (C=O) groups is 1. The molecule has 0 aliphatic heterocycles. The van der Waals surface area contributed by atoms with Crippen LogP contribution >= 0.6 is 0 Å². The summed E-state index contributed by atoms with van der Waals surface area (Å²) in [6.07, 6.45) is 3.01. The van der Waals surface area contributed by atoms with Gasteiger partial charge >= 0.3 is 6.03 Å². The molecule has 0 fully saturated rings. The molecule has 3 aromatic carbocycles. The number of hydrogen-bond acceptors (Lipinski definition) is 2. The zero-order valence-corrected chi connectivity index (χ0v) is 15.3. The third-order valence-corrected chi connectivity index (χ3v) is 5.35. The molecular formula is C23H24N2O2. The van der Waals surface area contributed by atoms with Crippen LogP contribution in [0.25, 0.3) is 10.8 Å². The van der Waals surface area contributed by atoms with E-state index in [0.29, 0.717) is 6.54 Å². The zero-order valence-electron chi connectivity index (χ0n) is 15.3. The number of aliphatic hydroxyl groups is 1. The lowest BCUT2D eigenvalue weighted by Crippen LogP contribution is -2.41. The molecule has 27 heavy (non-hydrogen) atoms. The van der Waals surface area contributed by atoms with Crippen molar-refractivity contribution in [1.82, 2.24) is 4.90 Å². The van der Waals surface area contributed by atoms with E-state index in [9.17, 15) is 9.90 Å². The predicted octanol–water partition coefficient (Wildman–Crippen LogP) is 4.74. The quantitative estimate of drug-likeness (QED) is 0.706. The Morgan fingerprint density at radius 2 is 1.81 bits per heavy atom. The van der Waals surface area contributed by atoms with Crippen LogP contribution in [0.1, 0.15) is 30.0 Å². The van der Waals surface area contributed by atoms with Crippen LogP contribution in [-0.4, -0.2) is 29.2 Å². The molecule has 138 valence electrons. The van der Waals surface area contributed by atoms with Gasteiger partial charge in [0.1, 0.15) is 0 Å². The molecule has 1 atom stereocenters. The van der Waals surface area contributed by atoms with Crippen molar-refractivity contribution in [2.45, 2.75) is 25.3 Å². The van der Waals surface area contributed by atoms with E-state index < -0.39 is 0 Å². The summed E-state index contributed by atoms with van der Waals surface area (Å²) in [6.45, 7) is 0.261. The van der Waals surface area contributed by atoms with Crippen molar-refractivity contribution < 1.29 is 9.90 Å². The highest BCUT2D eigenvalue weighted by molar-refractivity contribution is 6.01. The Morgan fingerprint density at radius 1 is 1.04 bits per heavy atom. The first-order valence-electron chi connectivity index (χ1n) is 9.52. The highest BCUT2D eigenvalue weighted by atomic mass is 16.3. The summed E-state index contributed by atoms with van der Waals surface area (Å²) in [6, 6.07) is 22.1. The number of urea groups is 1. The molecule has 2 N–H and O–H groups in total. The summed E-state index contributed by atoms with van der Waals surface area (Å²) >= 11 is 0. The molecule has 1 aliphatic carbocycles. The smallest absolute Gasteiger partial charge is 0.322 e. The third-order valence-electron chi connectivity index (χ3n) is 5.35. The number of anilines is 1. The Balaban J connectivity index is 1.64. The molecule has 3 aromatic rings. The van der Waals surface area contributed by atoms with Crippen molar-refractivity contribution in [2.75, 3.05) is 18.5 Å². The standard InChI is InChI=1S/C23H24N2O2/c26-16-15-25(22-14-6-10-18-8-2-4-12-20(18)22)23(27)24-21-13-5-9-17-7-1-3-11-19(17)21/h1-5,7-9,11-13,22,26H,6,10,14-16H2,(H,24,27)/t22-/m1/s1. The van der Waals surface area contributed by atoms with Crippen molar-refractivity contribution in [3.05, 3.63) is 77.9 Å². The fourth-order valence-corrected chi connectivity index (χ4v) is 4.08. The Kier molecular flexibility index (Phi) is 5.07. The number of benzene rings is 3. The van der Waals surface area contributed by atoms with E-state index in [2.05, 4.69) is 17.4 Å². The maximum Gasteiger partial charge on any atom is 0.322 e. The fourth-order valence-electron chi connectivity index (χ4n) is 4.08. The van der Waals surface area contributed by atoms with Crippen LogP contribution in [0.2, 0.25) is 0 Å². The van der Waals surface area contributed by atoms with Gasteiger partial charge in [-0.05, 0) is 41.8 Å². The summed E-state index contributed by atoms with van der Waals surface area (Å²) in [5.74, 6) is 0. The number of aliphatic hydroxyl groups excluding tert-OH is 1. The van der Waals surface area contributed by atoms with Crippen molar-refractivity contribution in [1.29, 1.82) is 0 Å². The van der Waals surface area contributed by atoms with Crippen LogP contribution in [-0.2, 0) is 6.42 Å². The Bertz CT molecular complexity index is 949.